The second-order valence-electron chi connectivity index (χ2n) is 5.61. The van der Waals surface area contributed by atoms with Crippen molar-refractivity contribution in [1.29, 1.82) is 0 Å². The molecular formula is C14H23N5O2. The molecule has 1 unspecified atom stereocenters. The zero-order valence-corrected chi connectivity index (χ0v) is 12.6. The summed E-state index contributed by atoms with van der Waals surface area (Å²) in [5, 5.41) is 9.23. The Hall–Kier alpha value is -1.89. The molecule has 2 rings (SSSR count). The maximum absolute atomic E-state index is 11.9. The number of carbonyl (C=O) groups excluding carboxylic acids is 2. The number of carbonyl (C=O) groups is 2. The smallest absolute Gasteiger partial charge is 0.254 e. The molecule has 2 amide bonds. The quantitative estimate of drug-likeness (QED) is 0.746. The van der Waals surface area contributed by atoms with Crippen molar-refractivity contribution in [3.63, 3.8) is 0 Å². The average Bonchev–Trinajstić information content (AvgIpc) is 3.07. The lowest BCUT2D eigenvalue weighted by Gasteiger charge is -2.26. The van der Waals surface area contributed by atoms with Crippen LogP contribution in [-0.2, 0) is 4.79 Å². The van der Waals surface area contributed by atoms with Crippen LogP contribution in [0.4, 0.5) is 0 Å². The van der Waals surface area contributed by atoms with Crippen molar-refractivity contribution >= 4 is 11.8 Å². The highest BCUT2D eigenvalue weighted by atomic mass is 16.2. The van der Waals surface area contributed by atoms with E-state index in [2.05, 4.69) is 20.4 Å². The number of likely N-dealkylation sites (N-methyl/N-ethyl adjacent to an activating group) is 1. The minimum Gasteiger partial charge on any atom is -0.352 e. The summed E-state index contributed by atoms with van der Waals surface area (Å²) in [4.78, 5) is 27.7. The van der Waals surface area contributed by atoms with Crippen LogP contribution in [0.25, 0.3) is 0 Å². The normalized spacial score (nSPS) is 18.5. The van der Waals surface area contributed by atoms with E-state index in [1.807, 2.05) is 19.0 Å². The van der Waals surface area contributed by atoms with E-state index < -0.39 is 0 Å². The molecule has 0 saturated carbocycles. The molecule has 0 aromatic carbocycles. The van der Waals surface area contributed by atoms with Gasteiger partial charge in [0.05, 0.1) is 11.8 Å². The highest BCUT2D eigenvalue weighted by Crippen LogP contribution is 2.20. The Bertz CT molecular complexity index is 472. The van der Waals surface area contributed by atoms with Gasteiger partial charge in [0.25, 0.3) is 5.91 Å². The van der Waals surface area contributed by atoms with Gasteiger partial charge in [-0.25, -0.2) is 0 Å². The molecule has 1 aliphatic heterocycles. The first-order chi connectivity index (χ1) is 10.1. The monoisotopic (exact) mass is 293 g/mol. The number of likely N-dealkylation sites (tertiary alicyclic amines) is 1. The highest BCUT2D eigenvalue weighted by molar-refractivity contribution is 5.93. The van der Waals surface area contributed by atoms with Crippen molar-refractivity contribution in [3.05, 3.63) is 18.0 Å². The highest BCUT2D eigenvalue weighted by Gasteiger charge is 2.30. The van der Waals surface area contributed by atoms with Crippen LogP contribution < -0.4 is 5.32 Å². The van der Waals surface area contributed by atoms with Gasteiger partial charge < -0.3 is 15.1 Å². The van der Waals surface area contributed by atoms with Gasteiger partial charge in [-0.15, -0.1) is 0 Å². The molecule has 1 fully saturated rings. The van der Waals surface area contributed by atoms with E-state index in [9.17, 15) is 9.59 Å². The summed E-state index contributed by atoms with van der Waals surface area (Å²) in [5.41, 5.74) is 0.530. The van der Waals surface area contributed by atoms with Crippen LogP contribution in [0.3, 0.4) is 0 Å². The zero-order valence-electron chi connectivity index (χ0n) is 12.6. The Kier molecular flexibility index (Phi) is 5.32. The van der Waals surface area contributed by atoms with Crippen molar-refractivity contribution in [3.8, 4) is 0 Å². The van der Waals surface area contributed by atoms with E-state index in [-0.39, 0.29) is 17.9 Å². The van der Waals surface area contributed by atoms with Crippen LogP contribution in [-0.4, -0.2) is 71.6 Å². The first-order valence-electron chi connectivity index (χ1n) is 7.29. The maximum Gasteiger partial charge on any atom is 0.254 e. The minimum absolute atomic E-state index is 0.132. The van der Waals surface area contributed by atoms with Gasteiger partial charge in [-0.05, 0) is 26.9 Å². The molecule has 1 aliphatic rings. The Morgan fingerprint density at radius 2 is 2.38 bits per heavy atom. The van der Waals surface area contributed by atoms with Crippen molar-refractivity contribution in [2.45, 2.75) is 25.3 Å². The van der Waals surface area contributed by atoms with Gasteiger partial charge in [-0.1, -0.05) is 0 Å². The molecule has 1 saturated heterocycles. The number of amides is 2. The summed E-state index contributed by atoms with van der Waals surface area (Å²) >= 11 is 0. The Labute approximate surface area is 124 Å². The van der Waals surface area contributed by atoms with Crippen LogP contribution in [0.15, 0.2) is 12.4 Å². The van der Waals surface area contributed by atoms with Crippen LogP contribution in [0.1, 0.15) is 29.6 Å². The molecule has 0 aliphatic carbocycles. The molecule has 1 atom stereocenters. The van der Waals surface area contributed by atoms with E-state index in [0.717, 1.165) is 25.9 Å². The largest absolute Gasteiger partial charge is 0.352 e. The third kappa shape index (κ3) is 4.29. The third-order valence-electron chi connectivity index (χ3n) is 3.76. The molecule has 7 nitrogen and oxygen atoms in total. The number of hydrogen-bond acceptors (Lipinski definition) is 4. The molecule has 1 aromatic rings. The molecule has 0 bridgehead atoms. The predicted molar refractivity (Wildman–Crippen MR) is 78.8 cm³/mol. The topological polar surface area (TPSA) is 81.3 Å². The lowest BCUT2D eigenvalue weighted by molar-refractivity contribution is -0.129. The van der Waals surface area contributed by atoms with Crippen molar-refractivity contribution in [2.24, 2.45) is 0 Å². The van der Waals surface area contributed by atoms with Gasteiger partial charge in [0, 0.05) is 38.3 Å². The molecule has 2 heterocycles. The number of aromatic nitrogens is 2. The molecule has 21 heavy (non-hydrogen) atoms. The zero-order chi connectivity index (χ0) is 15.2. The number of H-pyrrole nitrogens is 1. The van der Waals surface area contributed by atoms with Crippen molar-refractivity contribution < 1.29 is 9.59 Å². The van der Waals surface area contributed by atoms with Gasteiger partial charge in [-0.3, -0.25) is 14.7 Å². The molecule has 2 N–H and O–H groups in total. The third-order valence-corrected chi connectivity index (χ3v) is 3.76. The fourth-order valence-electron chi connectivity index (χ4n) is 2.54. The number of aromatic amines is 1. The molecular weight excluding hydrogens is 270 g/mol. The molecule has 0 spiro atoms. The number of hydrogen-bond donors (Lipinski definition) is 2. The summed E-state index contributed by atoms with van der Waals surface area (Å²) in [6.07, 6.45) is 5.36. The average molecular weight is 293 g/mol. The van der Waals surface area contributed by atoms with E-state index in [4.69, 9.17) is 0 Å². The fraction of sp³-hybridized carbons (Fsp3) is 0.643. The Balaban J connectivity index is 1.76. The predicted octanol–water partition coefficient (Wildman–Crippen LogP) is 0.0822. The SMILES string of the molecule is CN(C)CCN1C(=O)CCC1CCNC(=O)c1cn[nH]c1. The lowest BCUT2D eigenvalue weighted by atomic mass is 10.1. The summed E-state index contributed by atoms with van der Waals surface area (Å²) in [5.74, 6) is 0.0935. The maximum atomic E-state index is 11.9. The van der Waals surface area contributed by atoms with Crippen LogP contribution in [0.5, 0.6) is 0 Å². The van der Waals surface area contributed by atoms with E-state index in [1.54, 1.807) is 6.20 Å². The number of nitrogens with one attached hydrogen (secondary N) is 2. The summed E-state index contributed by atoms with van der Waals surface area (Å²) in [6.45, 7) is 2.19. The van der Waals surface area contributed by atoms with E-state index in [1.165, 1.54) is 6.20 Å². The fourth-order valence-corrected chi connectivity index (χ4v) is 2.54. The Morgan fingerprint density at radius 3 is 3.05 bits per heavy atom. The summed E-state index contributed by atoms with van der Waals surface area (Å²) in [7, 11) is 4.00. The van der Waals surface area contributed by atoms with Gasteiger partial charge in [0.1, 0.15) is 0 Å². The molecule has 0 radical (unpaired) electrons. The van der Waals surface area contributed by atoms with E-state index >= 15 is 0 Å². The summed E-state index contributed by atoms with van der Waals surface area (Å²) < 4.78 is 0. The first-order valence-corrected chi connectivity index (χ1v) is 7.29. The second-order valence-corrected chi connectivity index (χ2v) is 5.61. The van der Waals surface area contributed by atoms with Gasteiger partial charge in [0.15, 0.2) is 0 Å². The van der Waals surface area contributed by atoms with Gasteiger partial charge >= 0.3 is 0 Å². The minimum atomic E-state index is -0.132. The number of rotatable bonds is 7. The van der Waals surface area contributed by atoms with Crippen LogP contribution >= 0.6 is 0 Å². The molecule has 1 aromatic heterocycles. The van der Waals surface area contributed by atoms with E-state index in [0.29, 0.717) is 18.5 Å². The molecule has 116 valence electrons. The van der Waals surface area contributed by atoms with Crippen LogP contribution in [0, 0.1) is 0 Å². The Morgan fingerprint density at radius 1 is 1.57 bits per heavy atom. The van der Waals surface area contributed by atoms with Gasteiger partial charge in [-0.2, -0.15) is 5.10 Å². The van der Waals surface area contributed by atoms with Crippen molar-refractivity contribution in [1.82, 2.24) is 25.3 Å². The standard InChI is InChI=1S/C14H23N5O2/c1-18(2)7-8-19-12(3-4-13(19)20)5-6-15-14(21)11-9-16-17-10-11/h9-10,12H,3-8H2,1-2H3,(H,15,21)(H,16,17). The van der Waals surface area contributed by atoms with Gasteiger partial charge in [0.2, 0.25) is 5.91 Å². The second kappa shape index (κ2) is 7.21. The van der Waals surface area contributed by atoms with Crippen molar-refractivity contribution in [2.75, 3.05) is 33.7 Å². The van der Waals surface area contributed by atoms with Crippen LogP contribution in [0.2, 0.25) is 0 Å². The molecule has 7 heteroatoms. The number of nitrogens with zero attached hydrogens (tertiary/aromatic N) is 3. The first kappa shape index (κ1) is 15.5. The summed E-state index contributed by atoms with van der Waals surface area (Å²) in [6, 6.07) is 0.238. The lowest BCUT2D eigenvalue weighted by Crippen LogP contribution is -2.40.